The van der Waals surface area contributed by atoms with E-state index in [0.717, 1.165) is 23.0 Å². The van der Waals surface area contributed by atoms with Crippen LogP contribution in [0.1, 0.15) is 24.8 Å². The average Bonchev–Trinajstić information content (AvgIpc) is 3.57. The summed E-state index contributed by atoms with van der Waals surface area (Å²) >= 11 is 0. The van der Waals surface area contributed by atoms with Gasteiger partial charge >= 0.3 is 0 Å². The molecule has 39 heavy (non-hydrogen) atoms. The van der Waals surface area contributed by atoms with Crippen LogP contribution < -0.4 is 16.0 Å². The summed E-state index contributed by atoms with van der Waals surface area (Å²) < 4.78 is 0. The van der Waals surface area contributed by atoms with Gasteiger partial charge in [0.1, 0.15) is 12.1 Å². The summed E-state index contributed by atoms with van der Waals surface area (Å²) in [6.45, 7) is 1.42. The van der Waals surface area contributed by atoms with E-state index in [9.17, 15) is 19.2 Å². The molecule has 1 saturated heterocycles. The van der Waals surface area contributed by atoms with E-state index in [-0.39, 0.29) is 31.1 Å². The fourth-order valence-corrected chi connectivity index (χ4v) is 4.82. The van der Waals surface area contributed by atoms with E-state index in [1.807, 2.05) is 43.6 Å². The fourth-order valence-electron chi connectivity index (χ4n) is 4.82. The van der Waals surface area contributed by atoms with Gasteiger partial charge < -0.3 is 31.2 Å². The Balaban J connectivity index is 1.54. The van der Waals surface area contributed by atoms with Gasteiger partial charge in [0.25, 0.3) is 0 Å². The Morgan fingerprint density at radius 1 is 1.03 bits per heavy atom. The summed E-state index contributed by atoms with van der Waals surface area (Å²) in [5, 5.41) is 16.6. The summed E-state index contributed by atoms with van der Waals surface area (Å²) in [6, 6.07) is 14.5. The Morgan fingerprint density at radius 2 is 1.77 bits per heavy atom. The lowest BCUT2D eigenvalue weighted by Crippen LogP contribution is -2.54. The Labute approximate surface area is 227 Å². The van der Waals surface area contributed by atoms with Gasteiger partial charge in [-0.25, -0.2) is 0 Å². The summed E-state index contributed by atoms with van der Waals surface area (Å²) in [7, 11) is 1.95. The molecule has 204 valence electrons. The van der Waals surface area contributed by atoms with Crippen molar-refractivity contribution < 1.29 is 19.2 Å². The molecule has 10 heteroatoms. The van der Waals surface area contributed by atoms with E-state index in [1.165, 1.54) is 0 Å². The molecule has 3 aromatic rings. The van der Waals surface area contributed by atoms with Crippen molar-refractivity contribution in [3.05, 3.63) is 66.4 Å². The van der Waals surface area contributed by atoms with Gasteiger partial charge in [-0.3, -0.25) is 19.2 Å². The fraction of sp³-hybridized carbons (Fsp3) is 0.345. The maximum Gasteiger partial charge on any atom is 0.246 e. The lowest BCUT2D eigenvalue weighted by molar-refractivity contribution is -0.132. The van der Waals surface area contributed by atoms with Crippen molar-refractivity contribution in [1.82, 2.24) is 20.5 Å². The molecule has 0 spiro atoms. The van der Waals surface area contributed by atoms with Crippen LogP contribution in [0.25, 0.3) is 10.9 Å². The standard InChI is InChI=1S/C29H34N6O4/c1-35-14-13-19(18-35)27(37)34-26(15-20-17-31-24-10-6-5-9-23(20)24)29(39)33-25(12-11-22(36)16-30)28(38)32-21-7-3-2-4-8-21/h2-10,16-17,19,25-26,30-31H,11-15,18H2,1H3,(H,32,38)(H,33,39)(H,34,37)/t19?,25-,26-/m0/s1. The lowest BCUT2D eigenvalue weighted by Gasteiger charge is -2.24. The van der Waals surface area contributed by atoms with Crippen molar-refractivity contribution in [2.75, 3.05) is 25.5 Å². The van der Waals surface area contributed by atoms with Crippen molar-refractivity contribution >= 4 is 46.3 Å². The van der Waals surface area contributed by atoms with Crippen LogP contribution in [0, 0.1) is 11.3 Å². The number of para-hydroxylation sites is 2. The average molecular weight is 531 g/mol. The molecule has 1 aliphatic heterocycles. The highest BCUT2D eigenvalue weighted by Gasteiger charge is 2.32. The normalized spacial score (nSPS) is 16.8. The number of amides is 3. The third-order valence-electron chi connectivity index (χ3n) is 7.01. The topological polar surface area (TPSA) is 147 Å². The van der Waals surface area contributed by atoms with Crippen LogP contribution >= 0.6 is 0 Å². The van der Waals surface area contributed by atoms with Gasteiger partial charge in [-0.05, 0) is 50.2 Å². The first kappa shape index (κ1) is 27.7. The number of carbonyl (C=O) groups is 4. The molecule has 1 aromatic heterocycles. The first-order chi connectivity index (χ1) is 18.8. The van der Waals surface area contributed by atoms with Gasteiger partial charge in [-0.2, -0.15) is 0 Å². The number of nitrogens with one attached hydrogen (secondary N) is 5. The first-order valence-corrected chi connectivity index (χ1v) is 13.1. The van der Waals surface area contributed by atoms with Gasteiger partial charge in [0, 0.05) is 42.2 Å². The van der Waals surface area contributed by atoms with E-state index in [0.29, 0.717) is 24.9 Å². The molecule has 5 N–H and O–H groups in total. The highest BCUT2D eigenvalue weighted by molar-refractivity contribution is 6.26. The maximum absolute atomic E-state index is 13.6. The second kappa shape index (κ2) is 13.0. The molecule has 3 amide bonds. The number of aromatic amines is 1. The van der Waals surface area contributed by atoms with Crippen molar-refractivity contribution in [3.63, 3.8) is 0 Å². The highest BCUT2D eigenvalue weighted by Crippen LogP contribution is 2.20. The minimum absolute atomic E-state index is 0.0137. The minimum Gasteiger partial charge on any atom is -0.361 e. The van der Waals surface area contributed by atoms with Crippen molar-refractivity contribution in [1.29, 1.82) is 5.41 Å². The number of Topliss-reactive ketones (excluding diaryl/α,β-unsaturated/α-hetero) is 1. The second-order valence-electron chi connectivity index (χ2n) is 9.94. The van der Waals surface area contributed by atoms with Crippen molar-refractivity contribution in [2.45, 2.75) is 37.8 Å². The summed E-state index contributed by atoms with van der Waals surface area (Å²) in [4.78, 5) is 57.0. The number of hydrogen-bond donors (Lipinski definition) is 5. The third kappa shape index (κ3) is 7.38. The number of hydrogen-bond acceptors (Lipinski definition) is 6. The molecule has 1 unspecified atom stereocenters. The van der Waals surface area contributed by atoms with E-state index < -0.39 is 29.7 Å². The van der Waals surface area contributed by atoms with Gasteiger partial charge in [0.05, 0.1) is 12.1 Å². The maximum atomic E-state index is 13.6. The monoisotopic (exact) mass is 530 g/mol. The van der Waals surface area contributed by atoms with Gasteiger partial charge in [0.2, 0.25) is 17.7 Å². The Kier molecular flexibility index (Phi) is 9.22. The molecule has 3 atom stereocenters. The number of H-pyrrole nitrogens is 1. The van der Waals surface area contributed by atoms with Crippen molar-refractivity contribution in [2.24, 2.45) is 5.92 Å². The zero-order chi connectivity index (χ0) is 27.8. The molecule has 0 saturated carbocycles. The third-order valence-corrected chi connectivity index (χ3v) is 7.01. The zero-order valence-electron chi connectivity index (χ0n) is 21.9. The number of aromatic nitrogens is 1. The van der Waals surface area contributed by atoms with E-state index in [2.05, 4.69) is 25.8 Å². The number of ketones is 1. The number of anilines is 1. The molecule has 0 radical (unpaired) electrons. The molecular formula is C29H34N6O4. The predicted molar refractivity (Wildman–Crippen MR) is 150 cm³/mol. The van der Waals surface area contributed by atoms with Gasteiger partial charge in [-0.1, -0.05) is 36.4 Å². The zero-order valence-corrected chi connectivity index (χ0v) is 21.9. The predicted octanol–water partition coefficient (Wildman–Crippen LogP) is 2.27. The Bertz CT molecular complexity index is 1340. The molecule has 1 fully saturated rings. The summed E-state index contributed by atoms with van der Waals surface area (Å²) in [5.41, 5.74) is 2.33. The minimum atomic E-state index is -1.04. The van der Waals surface area contributed by atoms with Crippen LogP contribution in [0.5, 0.6) is 0 Å². The van der Waals surface area contributed by atoms with E-state index in [1.54, 1.807) is 24.3 Å². The molecule has 10 nitrogen and oxygen atoms in total. The van der Waals surface area contributed by atoms with Crippen LogP contribution in [0.4, 0.5) is 5.69 Å². The largest absolute Gasteiger partial charge is 0.361 e. The molecule has 0 bridgehead atoms. The molecule has 0 aliphatic carbocycles. The van der Waals surface area contributed by atoms with Crippen LogP contribution in [0.2, 0.25) is 0 Å². The number of carbonyl (C=O) groups excluding carboxylic acids is 4. The Morgan fingerprint density at radius 3 is 2.49 bits per heavy atom. The number of fused-ring (bicyclic) bond motifs is 1. The summed E-state index contributed by atoms with van der Waals surface area (Å²) in [6.07, 6.45) is 3.38. The molecule has 1 aliphatic rings. The SMILES string of the molecule is CN1CCC(C(=O)N[C@@H](Cc2c[nH]c3ccccc23)C(=O)N[C@@H](CCC(=O)C=N)C(=O)Nc2ccccc2)C1. The number of likely N-dealkylation sites (tertiary alicyclic amines) is 1. The molecular weight excluding hydrogens is 496 g/mol. The lowest BCUT2D eigenvalue weighted by atomic mass is 10.0. The van der Waals surface area contributed by atoms with Crippen LogP contribution in [0.3, 0.4) is 0 Å². The van der Waals surface area contributed by atoms with Crippen molar-refractivity contribution in [3.8, 4) is 0 Å². The van der Waals surface area contributed by atoms with Crippen LogP contribution in [-0.4, -0.2) is 71.8 Å². The number of nitrogens with zero attached hydrogens (tertiary/aromatic N) is 1. The van der Waals surface area contributed by atoms with E-state index in [4.69, 9.17) is 5.41 Å². The van der Waals surface area contributed by atoms with E-state index >= 15 is 0 Å². The highest BCUT2D eigenvalue weighted by atomic mass is 16.2. The quantitative estimate of drug-likeness (QED) is 0.228. The summed E-state index contributed by atoms with van der Waals surface area (Å²) in [5.74, 6) is -1.88. The smallest absolute Gasteiger partial charge is 0.246 e. The molecule has 4 rings (SSSR count). The Hall–Kier alpha value is -4.31. The van der Waals surface area contributed by atoms with Crippen LogP contribution in [0.15, 0.2) is 60.8 Å². The number of benzene rings is 2. The molecule has 2 heterocycles. The molecule has 2 aromatic carbocycles. The van der Waals surface area contributed by atoms with Gasteiger partial charge in [-0.15, -0.1) is 0 Å². The number of rotatable bonds is 12. The van der Waals surface area contributed by atoms with Crippen LogP contribution in [-0.2, 0) is 25.6 Å². The second-order valence-corrected chi connectivity index (χ2v) is 9.94. The first-order valence-electron chi connectivity index (χ1n) is 13.1. The van der Waals surface area contributed by atoms with Gasteiger partial charge in [0.15, 0.2) is 5.78 Å².